The van der Waals surface area contributed by atoms with E-state index in [9.17, 15) is 8.42 Å². The van der Waals surface area contributed by atoms with E-state index in [1.807, 2.05) is 37.3 Å². The molecule has 0 radical (unpaired) electrons. The average Bonchev–Trinajstić information content (AvgIpc) is 2.85. The fourth-order valence-corrected chi connectivity index (χ4v) is 3.99. The summed E-state index contributed by atoms with van der Waals surface area (Å²) in [6.07, 6.45) is 0.779. The third-order valence-corrected chi connectivity index (χ3v) is 6.15. The van der Waals surface area contributed by atoms with Gasteiger partial charge in [0, 0.05) is 25.6 Å². The van der Waals surface area contributed by atoms with E-state index >= 15 is 0 Å². The smallest absolute Gasteiger partial charge is 0.243 e. The van der Waals surface area contributed by atoms with E-state index in [2.05, 4.69) is 0 Å². The van der Waals surface area contributed by atoms with E-state index in [1.165, 1.54) is 4.31 Å². The summed E-state index contributed by atoms with van der Waals surface area (Å²) in [4.78, 5) is 0.206. The molecule has 6 heteroatoms. The molecule has 1 aliphatic rings. The van der Waals surface area contributed by atoms with E-state index in [0.717, 1.165) is 12.0 Å². The summed E-state index contributed by atoms with van der Waals surface area (Å²) in [6, 6.07) is 14.1. The molecule has 3 rings (SSSR count). The van der Waals surface area contributed by atoms with E-state index in [-0.39, 0.29) is 10.9 Å². The van der Waals surface area contributed by atoms with Crippen LogP contribution in [0.1, 0.15) is 24.9 Å². The maximum atomic E-state index is 12.9. The molecule has 0 aromatic heterocycles. The van der Waals surface area contributed by atoms with Crippen LogP contribution in [0, 0.1) is 0 Å². The maximum Gasteiger partial charge on any atom is 0.243 e. The van der Waals surface area contributed by atoms with Crippen LogP contribution in [0.5, 0.6) is 11.5 Å². The van der Waals surface area contributed by atoms with Crippen LogP contribution in [0.25, 0.3) is 0 Å². The van der Waals surface area contributed by atoms with Gasteiger partial charge in [0.05, 0.1) is 18.1 Å². The van der Waals surface area contributed by atoms with E-state index in [4.69, 9.17) is 9.47 Å². The highest BCUT2D eigenvalue weighted by atomic mass is 32.2. The Labute approximate surface area is 142 Å². The maximum absolute atomic E-state index is 12.9. The molecule has 1 heterocycles. The number of benzene rings is 2. The fourth-order valence-electron chi connectivity index (χ4n) is 2.62. The molecule has 0 fully saturated rings. The molecule has 1 atom stereocenters. The Morgan fingerprint density at radius 3 is 2.38 bits per heavy atom. The van der Waals surface area contributed by atoms with Gasteiger partial charge in [-0.15, -0.1) is 0 Å². The molecule has 0 unspecified atom stereocenters. The zero-order chi connectivity index (χ0) is 17.2. The van der Waals surface area contributed by atoms with Crippen molar-refractivity contribution in [2.45, 2.75) is 24.3 Å². The van der Waals surface area contributed by atoms with Gasteiger partial charge in [0.15, 0.2) is 11.5 Å². The zero-order valence-corrected chi connectivity index (χ0v) is 14.6. The van der Waals surface area contributed by atoms with Crippen molar-refractivity contribution in [3.05, 3.63) is 54.1 Å². The molecule has 0 bridgehead atoms. The van der Waals surface area contributed by atoms with Crippen molar-refractivity contribution in [3.8, 4) is 11.5 Å². The third-order valence-electron chi connectivity index (χ3n) is 4.22. The van der Waals surface area contributed by atoms with Gasteiger partial charge >= 0.3 is 0 Å². The lowest BCUT2D eigenvalue weighted by Crippen LogP contribution is -2.29. The van der Waals surface area contributed by atoms with Gasteiger partial charge in [0.25, 0.3) is 0 Å². The average molecular weight is 347 g/mol. The predicted molar refractivity (Wildman–Crippen MR) is 91.9 cm³/mol. The lowest BCUT2D eigenvalue weighted by Gasteiger charge is -2.25. The third kappa shape index (κ3) is 3.25. The van der Waals surface area contributed by atoms with Crippen LogP contribution in [0.15, 0.2) is 53.4 Å². The van der Waals surface area contributed by atoms with Crippen molar-refractivity contribution in [1.82, 2.24) is 4.31 Å². The number of fused-ring (bicyclic) bond motifs is 1. The normalized spacial score (nSPS) is 15.8. The van der Waals surface area contributed by atoms with Crippen LogP contribution in [0.4, 0.5) is 0 Å². The van der Waals surface area contributed by atoms with Crippen molar-refractivity contribution in [3.63, 3.8) is 0 Å². The van der Waals surface area contributed by atoms with Crippen LogP contribution in [0.3, 0.4) is 0 Å². The van der Waals surface area contributed by atoms with Gasteiger partial charge in [-0.2, -0.15) is 4.31 Å². The van der Waals surface area contributed by atoms with Crippen molar-refractivity contribution in [1.29, 1.82) is 0 Å². The molecule has 0 amide bonds. The molecule has 0 saturated carbocycles. The Bertz CT molecular complexity index is 805. The second kappa shape index (κ2) is 6.83. The zero-order valence-electron chi connectivity index (χ0n) is 13.8. The Hall–Kier alpha value is -2.05. The Morgan fingerprint density at radius 2 is 1.67 bits per heavy atom. The summed E-state index contributed by atoms with van der Waals surface area (Å²) < 4.78 is 38.4. The van der Waals surface area contributed by atoms with Crippen LogP contribution >= 0.6 is 0 Å². The number of sulfonamides is 1. The second-order valence-electron chi connectivity index (χ2n) is 5.77. The number of nitrogens with zero attached hydrogens (tertiary/aromatic N) is 1. The minimum absolute atomic E-state index is 0.206. The first-order valence-corrected chi connectivity index (χ1v) is 9.37. The van der Waals surface area contributed by atoms with E-state index < -0.39 is 10.0 Å². The van der Waals surface area contributed by atoms with Gasteiger partial charge in [0.1, 0.15) is 0 Å². The van der Waals surface area contributed by atoms with E-state index in [0.29, 0.717) is 24.7 Å². The molecule has 0 spiro atoms. The Morgan fingerprint density at radius 1 is 1.00 bits per heavy atom. The molecule has 1 aliphatic heterocycles. The standard InChI is InChI=1S/C18H21NO4S/c1-14(15-7-4-3-5-8-15)19(2)24(20,21)16-9-10-17-18(13-16)23-12-6-11-22-17/h3-5,7-10,13-14H,6,11-12H2,1-2H3/t14-/m0/s1. The highest BCUT2D eigenvalue weighted by Crippen LogP contribution is 2.34. The van der Waals surface area contributed by atoms with Gasteiger partial charge in [-0.25, -0.2) is 8.42 Å². The van der Waals surface area contributed by atoms with Gasteiger partial charge < -0.3 is 9.47 Å². The molecule has 2 aromatic carbocycles. The van der Waals surface area contributed by atoms with Crippen molar-refractivity contribution in [2.75, 3.05) is 20.3 Å². The largest absolute Gasteiger partial charge is 0.490 e. The van der Waals surface area contributed by atoms with Gasteiger partial charge in [-0.1, -0.05) is 30.3 Å². The quantitative estimate of drug-likeness (QED) is 0.852. The fraction of sp³-hybridized carbons (Fsp3) is 0.333. The summed E-state index contributed by atoms with van der Waals surface area (Å²) in [6.45, 7) is 2.97. The highest BCUT2D eigenvalue weighted by Gasteiger charge is 2.27. The van der Waals surface area contributed by atoms with Gasteiger partial charge in [-0.05, 0) is 24.6 Å². The van der Waals surface area contributed by atoms with Crippen LogP contribution in [0.2, 0.25) is 0 Å². The first-order chi connectivity index (χ1) is 11.5. The molecule has 0 N–H and O–H groups in total. The Kier molecular flexibility index (Phi) is 4.78. The number of rotatable bonds is 4. The first kappa shape index (κ1) is 16.8. The highest BCUT2D eigenvalue weighted by molar-refractivity contribution is 7.89. The minimum Gasteiger partial charge on any atom is -0.490 e. The number of ether oxygens (including phenoxy) is 2. The van der Waals surface area contributed by atoms with Gasteiger partial charge in [0.2, 0.25) is 10.0 Å². The second-order valence-corrected chi connectivity index (χ2v) is 7.76. The number of hydrogen-bond acceptors (Lipinski definition) is 4. The van der Waals surface area contributed by atoms with Gasteiger partial charge in [-0.3, -0.25) is 0 Å². The van der Waals surface area contributed by atoms with Crippen molar-refractivity contribution >= 4 is 10.0 Å². The summed E-state index contributed by atoms with van der Waals surface area (Å²) in [5.41, 5.74) is 0.943. The lowest BCUT2D eigenvalue weighted by atomic mass is 10.1. The molecule has 2 aromatic rings. The molecular weight excluding hydrogens is 326 g/mol. The molecular formula is C18H21NO4S. The summed E-state index contributed by atoms with van der Waals surface area (Å²) >= 11 is 0. The van der Waals surface area contributed by atoms with Crippen molar-refractivity contribution < 1.29 is 17.9 Å². The molecule has 0 aliphatic carbocycles. The van der Waals surface area contributed by atoms with Crippen LogP contribution in [-0.4, -0.2) is 33.0 Å². The monoisotopic (exact) mass is 347 g/mol. The molecule has 24 heavy (non-hydrogen) atoms. The van der Waals surface area contributed by atoms with Crippen LogP contribution in [-0.2, 0) is 10.0 Å². The number of hydrogen-bond donors (Lipinski definition) is 0. The van der Waals surface area contributed by atoms with Crippen LogP contribution < -0.4 is 9.47 Å². The topological polar surface area (TPSA) is 55.8 Å². The van der Waals surface area contributed by atoms with E-state index in [1.54, 1.807) is 25.2 Å². The summed E-state index contributed by atoms with van der Waals surface area (Å²) in [5.74, 6) is 1.07. The first-order valence-electron chi connectivity index (χ1n) is 7.93. The molecule has 128 valence electrons. The molecule has 0 saturated heterocycles. The summed E-state index contributed by atoms with van der Waals surface area (Å²) in [5, 5.41) is 0. The van der Waals surface area contributed by atoms with Crippen molar-refractivity contribution in [2.24, 2.45) is 0 Å². The molecule has 5 nitrogen and oxygen atoms in total. The predicted octanol–water partition coefficient (Wildman–Crippen LogP) is 3.23. The minimum atomic E-state index is -3.63. The summed E-state index contributed by atoms with van der Waals surface area (Å²) in [7, 11) is -2.04. The Balaban J connectivity index is 1.91. The SMILES string of the molecule is C[C@@H](c1ccccc1)N(C)S(=O)(=O)c1ccc2c(c1)OCCCO2. The lowest BCUT2D eigenvalue weighted by molar-refractivity contribution is 0.296.